The van der Waals surface area contributed by atoms with Gasteiger partial charge in [0.1, 0.15) is 12.4 Å². The summed E-state index contributed by atoms with van der Waals surface area (Å²) < 4.78 is 44.1. The molecule has 162 valence electrons. The molecule has 12 heteroatoms. The second kappa shape index (κ2) is 10.4. The normalized spacial score (nSPS) is 12.1. The summed E-state index contributed by atoms with van der Waals surface area (Å²) in [7, 11) is 0. The van der Waals surface area contributed by atoms with Gasteiger partial charge in [0, 0.05) is 18.0 Å². The fraction of sp³-hybridized carbons (Fsp3) is 0.278. The molecule has 0 fully saturated rings. The zero-order valence-corrected chi connectivity index (χ0v) is 15.6. The standard InChI is InChI=1S/C18H20F3N5O4/c19-18(20,21)30-7-6-29-16(23)12-9-24-15(8-13(12)22)26-17(28)25-14(10-27)11-4-2-1-3-5-11/h1-5,8-9,14,23,27H,6-7,10H2,(H4,22,24,25,26,28)/t14-/m1/s1. The lowest BCUT2D eigenvalue weighted by molar-refractivity contribution is -0.326. The topological polar surface area (TPSA) is 143 Å². The van der Waals surface area contributed by atoms with Crippen molar-refractivity contribution >= 4 is 23.4 Å². The van der Waals surface area contributed by atoms with Gasteiger partial charge >= 0.3 is 12.4 Å². The number of nitrogens with zero attached hydrogens (tertiary/aromatic N) is 1. The van der Waals surface area contributed by atoms with Crippen molar-refractivity contribution in [3.8, 4) is 0 Å². The third-order valence-corrected chi connectivity index (χ3v) is 3.71. The third-order valence-electron chi connectivity index (χ3n) is 3.71. The van der Waals surface area contributed by atoms with Crippen LogP contribution >= 0.6 is 0 Å². The van der Waals surface area contributed by atoms with Gasteiger partial charge in [-0.15, -0.1) is 13.2 Å². The molecule has 1 aromatic heterocycles. The molecule has 0 saturated heterocycles. The average Bonchev–Trinajstić information content (AvgIpc) is 2.69. The van der Waals surface area contributed by atoms with E-state index in [9.17, 15) is 23.1 Å². The number of aliphatic hydroxyl groups is 1. The van der Waals surface area contributed by atoms with E-state index >= 15 is 0 Å². The summed E-state index contributed by atoms with van der Waals surface area (Å²) in [4.78, 5) is 16.1. The Balaban J connectivity index is 1.91. The lowest BCUT2D eigenvalue weighted by atomic mass is 10.1. The highest BCUT2D eigenvalue weighted by atomic mass is 19.4. The first-order valence-electron chi connectivity index (χ1n) is 8.61. The predicted molar refractivity (Wildman–Crippen MR) is 102 cm³/mol. The number of nitrogen functional groups attached to an aromatic ring is 1. The number of amides is 2. The average molecular weight is 427 g/mol. The maximum absolute atomic E-state index is 12.2. The number of carbonyl (C=O) groups excluding carboxylic acids is 1. The van der Waals surface area contributed by atoms with Crippen LogP contribution < -0.4 is 16.4 Å². The number of carbonyl (C=O) groups is 1. The Kier molecular flexibility index (Phi) is 7.95. The van der Waals surface area contributed by atoms with Crippen LogP contribution in [-0.2, 0) is 9.47 Å². The highest BCUT2D eigenvalue weighted by Crippen LogP contribution is 2.18. The molecule has 0 aliphatic heterocycles. The molecule has 0 unspecified atom stereocenters. The SMILES string of the molecule is N=C(OCCOC(F)(F)F)c1cnc(NC(=O)N[C@H](CO)c2ccccc2)cc1N. The molecule has 2 aromatic rings. The maximum atomic E-state index is 12.2. The van der Waals surface area contributed by atoms with Crippen molar-refractivity contribution in [1.29, 1.82) is 5.41 Å². The molecule has 30 heavy (non-hydrogen) atoms. The first kappa shape index (κ1) is 22.9. The number of hydrogen-bond donors (Lipinski definition) is 5. The summed E-state index contributed by atoms with van der Waals surface area (Å²) in [6, 6.07) is 8.81. The lowest BCUT2D eigenvalue weighted by Crippen LogP contribution is -2.34. The van der Waals surface area contributed by atoms with Crippen molar-refractivity contribution in [2.45, 2.75) is 12.4 Å². The number of anilines is 2. The smallest absolute Gasteiger partial charge is 0.475 e. The minimum atomic E-state index is -4.78. The van der Waals surface area contributed by atoms with E-state index in [2.05, 4.69) is 20.4 Å². The number of aliphatic hydroxyl groups excluding tert-OH is 1. The van der Waals surface area contributed by atoms with Gasteiger partial charge in [0.15, 0.2) is 0 Å². The van der Waals surface area contributed by atoms with Crippen LogP contribution in [0.5, 0.6) is 0 Å². The van der Waals surface area contributed by atoms with Crippen LogP contribution in [-0.4, -0.2) is 48.2 Å². The van der Waals surface area contributed by atoms with Crippen LogP contribution in [0, 0.1) is 5.41 Å². The number of rotatable bonds is 8. The fourth-order valence-electron chi connectivity index (χ4n) is 2.34. The molecular weight excluding hydrogens is 407 g/mol. The minimum Gasteiger partial charge on any atom is -0.475 e. The largest absolute Gasteiger partial charge is 0.522 e. The number of urea groups is 1. The Morgan fingerprint density at radius 2 is 1.97 bits per heavy atom. The minimum absolute atomic E-state index is 0.0174. The predicted octanol–water partition coefficient (Wildman–Crippen LogP) is 2.40. The monoisotopic (exact) mass is 427 g/mol. The molecule has 0 saturated carbocycles. The van der Waals surface area contributed by atoms with E-state index in [1.54, 1.807) is 30.3 Å². The van der Waals surface area contributed by atoms with Gasteiger partial charge in [-0.1, -0.05) is 30.3 Å². The first-order valence-corrected chi connectivity index (χ1v) is 8.61. The number of halogens is 3. The highest BCUT2D eigenvalue weighted by molar-refractivity contribution is 5.97. The first-order chi connectivity index (χ1) is 14.2. The number of hydrogen-bond acceptors (Lipinski definition) is 7. The summed E-state index contributed by atoms with van der Waals surface area (Å²) in [6.07, 6.45) is -3.64. The van der Waals surface area contributed by atoms with Gasteiger partial charge in [-0.2, -0.15) is 0 Å². The number of alkyl halides is 3. The summed E-state index contributed by atoms with van der Waals surface area (Å²) in [6.45, 7) is -1.62. The number of ether oxygens (including phenoxy) is 2. The molecule has 0 aliphatic rings. The van der Waals surface area contributed by atoms with E-state index in [1.165, 1.54) is 6.07 Å². The molecule has 0 bridgehead atoms. The van der Waals surface area contributed by atoms with E-state index in [-0.39, 0.29) is 23.7 Å². The summed E-state index contributed by atoms with van der Waals surface area (Å²) in [5, 5.41) is 22.2. The number of nitrogens with two attached hydrogens (primary N) is 1. The van der Waals surface area contributed by atoms with Gasteiger partial charge in [0.05, 0.1) is 24.8 Å². The summed E-state index contributed by atoms with van der Waals surface area (Å²) >= 11 is 0. The van der Waals surface area contributed by atoms with Gasteiger partial charge < -0.3 is 20.9 Å². The Labute approximate surface area is 169 Å². The van der Waals surface area contributed by atoms with Crippen LogP contribution in [0.2, 0.25) is 0 Å². The van der Waals surface area contributed by atoms with Gasteiger partial charge in [-0.3, -0.25) is 15.5 Å². The summed E-state index contributed by atoms with van der Waals surface area (Å²) in [5.74, 6) is -0.432. The Morgan fingerprint density at radius 3 is 2.57 bits per heavy atom. The molecule has 6 N–H and O–H groups in total. The van der Waals surface area contributed by atoms with Crippen molar-refractivity contribution in [2.24, 2.45) is 0 Å². The maximum Gasteiger partial charge on any atom is 0.522 e. The molecule has 0 radical (unpaired) electrons. The highest BCUT2D eigenvalue weighted by Gasteiger charge is 2.28. The molecule has 1 heterocycles. The molecule has 2 amide bonds. The fourth-order valence-corrected chi connectivity index (χ4v) is 2.34. The molecule has 1 aromatic carbocycles. The number of nitrogens with one attached hydrogen (secondary N) is 3. The van der Waals surface area contributed by atoms with Crippen LogP contribution in [0.1, 0.15) is 17.2 Å². The van der Waals surface area contributed by atoms with Crippen molar-refractivity contribution in [1.82, 2.24) is 10.3 Å². The van der Waals surface area contributed by atoms with Crippen molar-refractivity contribution in [3.63, 3.8) is 0 Å². The van der Waals surface area contributed by atoms with E-state index < -0.39 is 37.5 Å². The molecule has 0 spiro atoms. The number of aromatic nitrogens is 1. The van der Waals surface area contributed by atoms with Crippen LogP contribution in [0.3, 0.4) is 0 Å². The van der Waals surface area contributed by atoms with Gasteiger partial charge in [0.2, 0.25) is 5.90 Å². The van der Waals surface area contributed by atoms with Crippen LogP contribution in [0.15, 0.2) is 42.6 Å². The second-order valence-electron chi connectivity index (χ2n) is 5.87. The van der Waals surface area contributed by atoms with Crippen LogP contribution in [0.25, 0.3) is 0 Å². The van der Waals surface area contributed by atoms with E-state index in [4.69, 9.17) is 15.9 Å². The number of benzene rings is 1. The molecule has 2 rings (SSSR count). The quantitative estimate of drug-likeness (QED) is 0.249. The van der Waals surface area contributed by atoms with E-state index in [0.29, 0.717) is 5.56 Å². The van der Waals surface area contributed by atoms with E-state index in [0.717, 1.165) is 6.20 Å². The molecule has 0 aliphatic carbocycles. The van der Waals surface area contributed by atoms with Crippen LogP contribution in [0.4, 0.5) is 29.5 Å². The number of pyridine rings is 1. The summed E-state index contributed by atoms with van der Waals surface area (Å²) in [5.41, 5.74) is 6.56. The Morgan fingerprint density at radius 1 is 1.27 bits per heavy atom. The van der Waals surface area contributed by atoms with Gasteiger partial charge in [0.25, 0.3) is 0 Å². The molecule has 9 nitrogen and oxygen atoms in total. The Bertz CT molecular complexity index is 865. The zero-order valence-electron chi connectivity index (χ0n) is 15.6. The zero-order chi connectivity index (χ0) is 22.1. The Hall–Kier alpha value is -3.38. The van der Waals surface area contributed by atoms with Crippen molar-refractivity contribution in [2.75, 3.05) is 30.9 Å². The second-order valence-corrected chi connectivity index (χ2v) is 5.87. The molecular formula is C18H20F3N5O4. The van der Waals surface area contributed by atoms with Gasteiger partial charge in [-0.05, 0) is 5.56 Å². The third kappa shape index (κ3) is 7.22. The lowest BCUT2D eigenvalue weighted by Gasteiger charge is -2.17. The van der Waals surface area contributed by atoms with Crippen molar-refractivity contribution < 1.29 is 32.5 Å². The van der Waals surface area contributed by atoms with Crippen molar-refractivity contribution in [3.05, 3.63) is 53.7 Å². The van der Waals surface area contributed by atoms with E-state index in [1.807, 2.05) is 0 Å². The van der Waals surface area contributed by atoms with Gasteiger partial charge in [-0.25, -0.2) is 9.78 Å². The molecule has 1 atom stereocenters.